The summed E-state index contributed by atoms with van der Waals surface area (Å²) in [5.74, 6) is -0.636. The number of hydrogen-bond donors (Lipinski definition) is 1. The van der Waals surface area contributed by atoms with E-state index in [0.717, 1.165) is 17.1 Å². The van der Waals surface area contributed by atoms with Gasteiger partial charge in [-0.2, -0.15) is 17.9 Å². The fraction of sp³-hybridized carbons (Fsp3) is 0.333. The van der Waals surface area contributed by atoms with Crippen molar-refractivity contribution in [3.05, 3.63) is 51.8 Å². The van der Waals surface area contributed by atoms with Gasteiger partial charge in [-0.25, -0.2) is 0 Å². The Bertz CT molecular complexity index is 672. The van der Waals surface area contributed by atoms with Gasteiger partial charge in [0.15, 0.2) is 0 Å². The third-order valence-electron chi connectivity index (χ3n) is 2.86. The Kier molecular flexibility index (Phi) is 4.40. The van der Waals surface area contributed by atoms with E-state index in [1.165, 1.54) is 18.2 Å². The van der Waals surface area contributed by atoms with Crippen LogP contribution in [0.2, 0.25) is 0 Å². The Morgan fingerprint density at radius 1 is 1.36 bits per heavy atom. The smallest absolute Gasteiger partial charge is 0.391 e. The third kappa shape index (κ3) is 3.79. The Hall–Kier alpha value is -2.49. The van der Waals surface area contributed by atoms with Crippen molar-refractivity contribution >= 4 is 5.95 Å². The molecule has 1 aromatic heterocycles. The number of halogens is 3. The molecule has 0 radical (unpaired) electrons. The van der Waals surface area contributed by atoms with Crippen molar-refractivity contribution in [1.82, 2.24) is 14.8 Å². The van der Waals surface area contributed by atoms with Gasteiger partial charge >= 0.3 is 12.1 Å². The molecule has 0 aliphatic heterocycles. The molecule has 0 spiro atoms. The SMILES string of the molecule is O=[N+]([O-])c1ncn(CC(O)Cc2ccccc2C(F)(F)F)n1. The molecule has 0 amide bonds. The van der Waals surface area contributed by atoms with Crippen LogP contribution < -0.4 is 0 Å². The van der Waals surface area contributed by atoms with Gasteiger partial charge in [-0.3, -0.25) is 0 Å². The lowest BCUT2D eigenvalue weighted by atomic mass is 10.0. The first kappa shape index (κ1) is 15.9. The highest BCUT2D eigenvalue weighted by atomic mass is 19.4. The van der Waals surface area contributed by atoms with Crippen molar-refractivity contribution in [3.63, 3.8) is 0 Å². The topological polar surface area (TPSA) is 94.1 Å². The average molecular weight is 316 g/mol. The molecule has 0 aliphatic carbocycles. The van der Waals surface area contributed by atoms with Gasteiger partial charge in [-0.15, -0.1) is 0 Å². The van der Waals surface area contributed by atoms with Crippen molar-refractivity contribution in [2.45, 2.75) is 25.2 Å². The summed E-state index contributed by atoms with van der Waals surface area (Å²) in [6, 6.07) is 4.91. The second-order valence-corrected chi connectivity index (χ2v) is 4.54. The zero-order chi connectivity index (χ0) is 16.3. The molecule has 1 N–H and O–H groups in total. The summed E-state index contributed by atoms with van der Waals surface area (Å²) in [5.41, 5.74) is -0.879. The van der Waals surface area contributed by atoms with Gasteiger partial charge in [0.2, 0.25) is 6.33 Å². The second-order valence-electron chi connectivity index (χ2n) is 4.54. The van der Waals surface area contributed by atoms with Gasteiger partial charge in [0, 0.05) is 11.5 Å². The summed E-state index contributed by atoms with van der Waals surface area (Å²) in [5, 5.41) is 23.8. The van der Waals surface area contributed by atoms with Crippen molar-refractivity contribution < 1.29 is 23.2 Å². The zero-order valence-electron chi connectivity index (χ0n) is 11.1. The summed E-state index contributed by atoms with van der Waals surface area (Å²) < 4.78 is 39.5. The number of nitrogens with zero attached hydrogens (tertiary/aromatic N) is 4. The van der Waals surface area contributed by atoms with E-state index in [1.54, 1.807) is 0 Å². The highest BCUT2D eigenvalue weighted by Crippen LogP contribution is 2.32. The van der Waals surface area contributed by atoms with Crippen molar-refractivity contribution in [2.75, 3.05) is 0 Å². The van der Waals surface area contributed by atoms with Crippen LogP contribution >= 0.6 is 0 Å². The van der Waals surface area contributed by atoms with Gasteiger partial charge in [-0.05, 0) is 16.6 Å². The second kappa shape index (κ2) is 6.10. The molecule has 118 valence electrons. The lowest BCUT2D eigenvalue weighted by molar-refractivity contribution is -0.394. The highest BCUT2D eigenvalue weighted by molar-refractivity contribution is 5.30. The number of hydrogen-bond acceptors (Lipinski definition) is 5. The number of rotatable bonds is 5. The first-order valence-corrected chi connectivity index (χ1v) is 6.14. The van der Waals surface area contributed by atoms with E-state index < -0.39 is 28.7 Å². The van der Waals surface area contributed by atoms with Crippen LogP contribution in [0.3, 0.4) is 0 Å². The van der Waals surface area contributed by atoms with Crippen LogP contribution in [0.1, 0.15) is 11.1 Å². The Balaban J connectivity index is 2.09. The minimum absolute atomic E-state index is 0.0582. The lowest BCUT2D eigenvalue weighted by Gasteiger charge is -2.15. The molecular weight excluding hydrogens is 305 g/mol. The first-order chi connectivity index (χ1) is 10.3. The molecule has 0 saturated heterocycles. The maximum absolute atomic E-state index is 12.8. The van der Waals surface area contributed by atoms with Gasteiger partial charge in [-0.1, -0.05) is 23.2 Å². The van der Waals surface area contributed by atoms with E-state index in [0.29, 0.717) is 0 Å². The number of benzene rings is 1. The molecule has 22 heavy (non-hydrogen) atoms. The predicted octanol–water partition coefficient (Wildman–Crippen LogP) is 1.81. The van der Waals surface area contributed by atoms with Crippen LogP contribution in [-0.4, -0.2) is 30.9 Å². The van der Waals surface area contributed by atoms with Crippen LogP contribution in [0.25, 0.3) is 0 Å². The number of aliphatic hydroxyl groups excluding tert-OH is 1. The minimum atomic E-state index is -4.51. The normalized spacial score (nSPS) is 13.1. The lowest BCUT2D eigenvalue weighted by Crippen LogP contribution is -2.21. The summed E-state index contributed by atoms with van der Waals surface area (Å²) in [6.45, 7) is -0.201. The number of aromatic nitrogens is 3. The van der Waals surface area contributed by atoms with Crippen LogP contribution in [0, 0.1) is 10.1 Å². The molecule has 7 nitrogen and oxygen atoms in total. The molecule has 0 bridgehead atoms. The number of aliphatic hydroxyl groups is 1. The van der Waals surface area contributed by atoms with Crippen LogP contribution in [0.4, 0.5) is 19.1 Å². The molecule has 0 fully saturated rings. The Labute approximate surface area is 122 Å². The third-order valence-corrected chi connectivity index (χ3v) is 2.86. The zero-order valence-corrected chi connectivity index (χ0v) is 11.1. The summed E-state index contributed by atoms with van der Waals surface area (Å²) >= 11 is 0. The summed E-state index contributed by atoms with van der Waals surface area (Å²) in [7, 11) is 0. The van der Waals surface area contributed by atoms with E-state index in [2.05, 4.69) is 10.1 Å². The van der Waals surface area contributed by atoms with Gasteiger partial charge in [0.1, 0.15) is 0 Å². The molecule has 0 saturated carbocycles. The molecule has 10 heteroatoms. The standard InChI is InChI=1S/C12H11F3N4O3/c13-12(14,15)10-4-2-1-3-8(10)5-9(20)6-18-7-16-11(17-18)19(21)22/h1-4,7,9,20H,5-6H2. The van der Waals surface area contributed by atoms with E-state index in [1.807, 2.05) is 0 Å². The molecule has 2 rings (SSSR count). The first-order valence-electron chi connectivity index (χ1n) is 6.14. The summed E-state index contributed by atoms with van der Waals surface area (Å²) in [4.78, 5) is 13.0. The summed E-state index contributed by atoms with van der Waals surface area (Å²) in [6.07, 6.45) is -4.92. The molecule has 1 atom stereocenters. The quantitative estimate of drug-likeness (QED) is 0.670. The molecule has 1 heterocycles. The maximum Gasteiger partial charge on any atom is 0.490 e. The van der Waals surface area contributed by atoms with E-state index in [4.69, 9.17) is 0 Å². The van der Waals surface area contributed by atoms with E-state index in [-0.39, 0.29) is 18.5 Å². The van der Waals surface area contributed by atoms with Crippen LogP contribution in [0.15, 0.2) is 30.6 Å². The molecule has 2 aromatic rings. The van der Waals surface area contributed by atoms with Crippen molar-refractivity contribution in [1.29, 1.82) is 0 Å². The van der Waals surface area contributed by atoms with E-state index in [9.17, 15) is 28.4 Å². The van der Waals surface area contributed by atoms with Crippen molar-refractivity contribution in [3.8, 4) is 0 Å². The van der Waals surface area contributed by atoms with E-state index >= 15 is 0 Å². The van der Waals surface area contributed by atoms with Crippen LogP contribution in [-0.2, 0) is 19.1 Å². The molecule has 1 unspecified atom stereocenters. The molecular formula is C12H11F3N4O3. The number of alkyl halides is 3. The Morgan fingerprint density at radius 3 is 2.64 bits per heavy atom. The largest absolute Gasteiger partial charge is 0.490 e. The minimum Gasteiger partial charge on any atom is -0.391 e. The fourth-order valence-electron chi connectivity index (χ4n) is 1.97. The van der Waals surface area contributed by atoms with Gasteiger partial charge in [0.05, 0.1) is 18.2 Å². The van der Waals surface area contributed by atoms with Crippen molar-refractivity contribution in [2.24, 2.45) is 0 Å². The molecule has 1 aromatic carbocycles. The fourth-order valence-corrected chi connectivity index (χ4v) is 1.97. The van der Waals surface area contributed by atoms with Gasteiger partial charge in [0.25, 0.3) is 0 Å². The highest BCUT2D eigenvalue weighted by Gasteiger charge is 2.33. The van der Waals surface area contributed by atoms with Crippen LogP contribution in [0.5, 0.6) is 0 Å². The number of nitro groups is 1. The predicted molar refractivity (Wildman–Crippen MR) is 67.8 cm³/mol. The monoisotopic (exact) mass is 316 g/mol. The molecule has 0 aliphatic rings. The maximum atomic E-state index is 12.8. The Morgan fingerprint density at radius 2 is 2.05 bits per heavy atom. The van der Waals surface area contributed by atoms with Gasteiger partial charge < -0.3 is 15.2 Å². The average Bonchev–Trinajstić information content (AvgIpc) is 2.86.